The van der Waals surface area contributed by atoms with Gasteiger partial charge in [-0.2, -0.15) is 0 Å². The van der Waals surface area contributed by atoms with Gasteiger partial charge in [-0.15, -0.1) is 12.4 Å². The van der Waals surface area contributed by atoms with Crippen LogP contribution in [0.4, 0.5) is 10.5 Å². The third-order valence-corrected chi connectivity index (χ3v) is 5.27. The molecule has 1 saturated heterocycles. The van der Waals surface area contributed by atoms with Gasteiger partial charge in [-0.05, 0) is 42.3 Å². The van der Waals surface area contributed by atoms with E-state index in [-0.39, 0.29) is 30.4 Å². The Hall–Kier alpha value is -2.77. The quantitative estimate of drug-likeness (QED) is 0.698. The summed E-state index contributed by atoms with van der Waals surface area (Å²) < 4.78 is 5.37. The highest BCUT2D eigenvalue weighted by Crippen LogP contribution is 2.30. The second-order valence-corrected chi connectivity index (χ2v) is 6.94. The van der Waals surface area contributed by atoms with Crippen molar-refractivity contribution in [2.75, 3.05) is 38.2 Å². The van der Waals surface area contributed by atoms with Gasteiger partial charge in [-0.3, -0.25) is 9.69 Å². The van der Waals surface area contributed by atoms with E-state index < -0.39 is 0 Å². The first-order chi connectivity index (χ1) is 13.7. The Morgan fingerprint density at radius 2 is 2.07 bits per heavy atom. The maximum absolute atomic E-state index is 12.7. The number of fused-ring (bicyclic) bond motifs is 1. The van der Waals surface area contributed by atoms with Crippen LogP contribution in [-0.4, -0.2) is 45.2 Å². The zero-order valence-electron chi connectivity index (χ0n) is 16.2. The van der Waals surface area contributed by atoms with Crippen molar-refractivity contribution >= 4 is 30.0 Å². The smallest absolute Gasteiger partial charge is 0.322 e. The summed E-state index contributed by atoms with van der Waals surface area (Å²) in [4.78, 5) is 26.4. The fourth-order valence-electron chi connectivity index (χ4n) is 3.82. The Bertz CT molecular complexity index is 905. The minimum Gasteiger partial charge on any atom is -0.495 e. The van der Waals surface area contributed by atoms with Gasteiger partial charge in [0.2, 0.25) is 0 Å². The molecule has 154 valence electrons. The van der Waals surface area contributed by atoms with Crippen molar-refractivity contribution < 1.29 is 14.3 Å². The minimum absolute atomic E-state index is 0. The molecule has 0 aliphatic carbocycles. The van der Waals surface area contributed by atoms with Crippen molar-refractivity contribution in [3.05, 3.63) is 59.2 Å². The Morgan fingerprint density at radius 3 is 2.83 bits per heavy atom. The molecule has 8 heteroatoms. The van der Waals surface area contributed by atoms with Crippen LogP contribution in [0, 0.1) is 0 Å². The molecular formula is C21H25ClN4O3. The zero-order valence-corrected chi connectivity index (χ0v) is 17.1. The third-order valence-electron chi connectivity index (χ3n) is 5.27. The fourth-order valence-corrected chi connectivity index (χ4v) is 3.82. The van der Waals surface area contributed by atoms with Crippen LogP contribution in [0.2, 0.25) is 0 Å². The normalized spacial score (nSPS) is 17.8. The molecule has 7 nitrogen and oxygen atoms in total. The van der Waals surface area contributed by atoms with Crippen molar-refractivity contribution in [1.82, 2.24) is 16.0 Å². The van der Waals surface area contributed by atoms with Gasteiger partial charge in [0, 0.05) is 31.2 Å². The van der Waals surface area contributed by atoms with Crippen molar-refractivity contribution in [2.24, 2.45) is 0 Å². The predicted octanol–water partition coefficient (Wildman–Crippen LogP) is 2.26. The maximum Gasteiger partial charge on any atom is 0.322 e. The molecule has 29 heavy (non-hydrogen) atoms. The van der Waals surface area contributed by atoms with Crippen LogP contribution in [0.3, 0.4) is 0 Å². The average Bonchev–Trinajstić information content (AvgIpc) is 3.17. The lowest BCUT2D eigenvalue weighted by Crippen LogP contribution is -2.38. The molecular weight excluding hydrogens is 392 g/mol. The lowest BCUT2D eigenvalue weighted by molar-refractivity contribution is 0.0949. The van der Waals surface area contributed by atoms with E-state index in [0.717, 1.165) is 13.0 Å². The van der Waals surface area contributed by atoms with Crippen LogP contribution in [-0.2, 0) is 6.42 Å². The fraction of sp³-hybridized carbons (Fsp3) is 0.333. The highest BCUT2D eigenvalue weighted by Gasteiger charge is 2.25. The summed E-state index contributed by atoms with van der Waals surface area (Å²) in [6, 6.07) is 13.4. The molecule has 4 rings (SSSR count). The van der Waals surface area contributed by atoms with Crippen molar-refractivity contribution in [1.29, 1.82) is 0 Å². The van der Waals surface area contributed by atoms with E-state index in [1.54, 1.807) is 30.2 Å². The Balaban J connectivity index is 0.00000240. The minimum atomic E-state index is -0.182. The molecule has 0 spiro atoms. The van der Waals surface area contributed by atoms with E-state index in [1.165, 1.54) is 11.1 Å². The van der Waals surface area contributed by atoms with Crippen LogP contribution in [0.25, 0.3) is 0 Å². The zero-order chi connectivity index (χ0) is 19.5. The summed E-state index contributed by atoms with van der Waals surface area (Å²) in [5, 5.41) is 9.25. The molecule has 2 aliphatic rings. The molecule has 2 heterocycles. The summed E-state index contributed by atoms with van der Waals surface area (Å²) in [5.41, 5.74) is 3.66. The van der Waals surface area contributed by atoms with E-state index in [1.807, 2.05) is 12.1 Å². The first kappa shape index (κ1) is 21.0. The monoisotopic (exact) mass is 416 g/mol. The van der Waals surface area contributed by atoms with Crippen LogP contribution in [0.15, 0.2) is 42.5 Å². The number of nitrogens with zero attached hydrogens (tertiary/aromatic N) is 1. The third kappa shape index (κ3) is 4.31. The highest BCUT2D eigenvalue weighted by atomic mass is 35.5. The van der Waals surface area contributed by atoms with Gasteiger partial charge in [-0.1, -0.05) is 24.3 Å². The molecule has 2 aromatic rings. The lowest BCUT2D eigenvalue weighted by Gasteiger charge is -2.27. The molecule has 1 unspecified atom stereocenters. The number of benzene rings is 2. The molecule has 0 radical (unpaired) electrons. The highest BCUT2D eigenvalue weighted by molar-refractivity contribution is 5.99. The van der Waals surface area contributed by atoms with Gasteiger partial charge in [-0.25, -0.2) is 4.79 Å². The number of urea groups is 1. The summed E-state index contributed by atoms with van der Waals surface area (Å²) >= 11 is 0. The number of carbonyl (C=O) groups is 2. The molecule has 1 fully saturated rings. The van der Waals surface area contributed by atoms with Crippen molar-refractivity contribution in [3.63, 3.8) is 0 Å². The molecule has 3 N–H and O–H groups in total. The van der Waals surface area contributed by atoms with Gasteiger partial charge >= 0.3 is 6.03 Å². The van der Waals surface area contributed by atoms with Gasteiger partial charge in [0.15, 0.2) is 0 Å². The Labute approximate surface area is 176 Å². The van der Waals surface area contributed by atoms with Crippen molar-refractivity contribution in [2.45, 2.75) is 12.5 Å². The second-order valence-electron chi connectivity index (χ2n) is 6.94. The molecule has 0 bridgehead atoms. The number of methoxy groups -OCH3 is 1. The number of anilines is 1. The number of halogens is 1. The van der Waals surface area contributed by atoms with Gasteiger partial charge in [0.25, 0.3) is 5.91 Å². The maximum atomic E-state index is 12.7. The second kappa shape index (κ2) is 9.15. The first-order valence-electron chi connectivity index (χ1n) is 9.50. The number of carbonyl (C=O) groups excluding carboxylic acids is 2. The number of ether oxygens (including phenoxy) is 1. The number of nitrogens with one attached hydrogen (secondary N) is 3. The Morgan fingerprint density at radius 1 is 1.24 bits per heavy atom. The average molecular weight is 417 g/mol. The largest absolute Gasteiger partial charge is 0.495 e. The van der Waals surface area contributed by atoms with Crippen LogP contribution in [0.1, 0.15) is 27.5 Å². The van der Waals surface area contributed by atoms with Gasteiger partial charge < -0.3 is 20.7 Å². The lowest BCUT2D eigenvalue weighted by atomic mass is 9.94. The summed E-state index contributed by atoms with van der Waals surface area (Å²) in [7, 11) is 1.55. The van der Waals surface area contributed by atoms with Gasteiger partial charge in [0.1, 0.15) is 5.75 Å². The van der Waals surface area contributed by atoms with Crippen LogP contribution >= 0.6 is 12.4 Å². The number of rotatable bonds is 5. The van der Waals surface area contributed by atoms with Gasteiger partial charge in [0.05, 0.1) is 12.8 Å². The molecule has 1 atom stereocenters. The van der Waals surface area contributed by atoms with E-state index in [0.29, 0.717) is 36.6 Å². The molecule has 3 amide bonds. The Kier molecular flexibility index (Phi) is 6.61. The SMILES string of the molecule is COc1ccc(C(=O)NCC2NCCc3ccccc32)cc1N1CCNC1=O.Cl. The number of hydrogen-bond acceptors (Lipinski definition) is 4. The standard InChI is InChI=1S/C21H24N4O3.ClH/c1-28-19-7-6-15(12-18(19)25-11-10-23-21(25)27)20(26)24-13-17-16-5-3-2-4-14(16)8-9-22-17;/h2-7,12,17,22H,8-11,13H2,1H3,(H,23,27)(H,24,26);1H. The van der Waals surface area contributed by atoms with E-state index in [2.05, 4.69) is 28.1 Å². The van der Waals surface area contributed by atoms with Crippen LogP contribution in [0.5, 0.6) is 5.75 Å². The van der Waals surface area contributed by atoms with Crippen molar-refractivity contribution in [3.8, 4) is 5.75 Å². The van der Waals surface area contributed by atoms with Crippen LogP contribution < -0.4 is 25.6 Å². The summed E-state index contributed by atoms with van der Waals surface area (Å²) in [6.07, 6.45) is 1.00. The molecule has 0 saturated carbocycles. The molecule has 0 aromatic heterocycles. The number of amides is 3. The predicted molar refractivity (Wildman–Crippen MR) is 114 cm³/mol. The molecule has 2 aromatic carbocycles. The first-order valence-corrected chi connectivity index (χ1v) is 9.50. The van der Waals surface area contributed by atoms with E-state index >= 15 is 0 Å². The summed E-state index contributed by atoms with van der Waals surface area (Å²) in [5.74, 6) is 0.393. The molecule has 2 aliphatic heterocycles. The topological polar surface area (TPSA) is 82.7 Å². The van der Waals surface area contributed by atoms with E-state index in [9.17, 15) is 9.59 Å². The summed E-state index contributed by atoms with van der Waals surface area (Å²) in [6.45, 7) is 2.52. The number of hydrogen-bond donors (Lipinski definition) is 3. The van der Waals surface area contributed by atoms with E-state index in [4.69, 9.17) is 4.74 Å².